The molecule has 15 heavy (non-hydrogen) atoms. The summed E-state index contributed by atoms with van der Waals surface area (Å²) in [5, 5.41) is 0. The molecule has 0 bridgehead atoms. The molecule has 0 spiro atoms. The SMILES string of the molecule is CCCc1ccc(CP(C)(C)=NC)cc1. The Balaban J connectivity index is 2.73. The monoisotopic (exact) mass is 223 g/mol. The van der Waals surface area contributed by atoms with Crippen molar-refractivity contribution < 1.29 is 0 Å². The molecule has 0 N–H and O–H groups in total. The molecule has 1 rings (SSSR count). The van der Waals surface area contributed by atoms with Gasteiger partial charge in [-0.2, -0.15) is 0 Å². The summed E-state index contributed by atoms with van der Waals surface area (Å²) in [5.74, 6) is 0. The number of hydrogen-bond donors (Lipinski definition) is 0. The highest BCUT2D eigenvalue weighted by Gasteiger charge is 2.05. The molecule has 0 unspecified atom stereocenters. The van der Waals surface area contributed by atoms with Crippen LogP contribution in [-0.4, -0.2) is 20.4 Å². The molecule has 1 aromatic carbocycles. The Labute approximate surface area is 94.0 Å². The van der Waals surface area contributed by atoms with Crippen LogP contribution in [0.2, 0.25) is 0 Å². The molecular formula is C13H22NP. The van der Waals surface area contributed by atoms with Gasteiger partial charge in [0.05, 0.1) is 0 Å². The van der Waals surface area contributed by atoms with Crippen LogP contribution in [0.4, 0.5) is 0 Å². The quantitative estimate of drug-likeness (QED) is 0.677. The predicted octanol–water partition coefficient (Wildman–Crippen LogP) is 4.23. The summed E-state index contributed by atoms with van der Waals surface area (Å²) in [6.07, 6.45) is 3.55. The number of benzene rings is 1. The number of nitrogens with zero attached hydrogens (tertiary/aromatic N) is 1. The lowest BCUT2D eigenvalue weighted by Gasteiger charge is -2.13. The van der Waals surface area contributed by atoms with Gasteiger partial charge in [0.2, 0.25) is 0 Å². The largest absolute Gasteiger partial charge is 0.307 e. The fraction of sp³-hybridized carbons (Fsp3) is 0.538. The van der Waals surface area contributed by atoms with Crippen molar-refractivity contribution in [2.24, 2.45) is 4.74 Å². The van der Waals surface area contributed by atoms with E-state index >= 15 is 0 Å². The fourth-order valence-corrected chi connectivity index (χ4v) is 2.86. The Hall–Kier alpha value is -0.550. The van der Waals surface area contributed by atoms with Crippen molar-refractivity contribution in [3.8, 4) is 0 Å². The predicted molar refractivity (Wildman–Crippen MR) is 71.3 cm³/mol. The molecule has 0 aliphatic rings. The van der Waals surface area contributed by atoms with Crippen LogP contribution in [0.25, 0.3) is 0 Å². The van der Waals surface area contributed by atoms with E-state index in [4.69, 9.17) is 0 Å². The lowest BCUT2D eigenvalue weighted by Crippen LogP contribution is -1.88. The number of rotatable bonds is 4. The van der Waals surface area contributed by atoms with Gasteiger partial charge in [-0.05, 0) is 37.9 Å². The Kier molecular flexibility index (Phi) is 4.60. The second-order valence-corrected chi connectivity index (χ2v) is 8.50. The third kappa shape index (κ3) is 4.22. The van der Waals surface area contributed by atoms with Gasteiger partial charge in [0, 0.05) is 13.2 Å². The first-order valence-electron chi connectivity index (χ1n) is 5.59. The van der Waals surface area contributed by atoms with E-state index in [0.717, 1.165) is 6.16 Å². The summed E-state index contributed by atoms with van der Waals surface area (Å²) in [4.78, 5) is 0. The first kappa shape index (κ1) is 12.5. The molecule has 0 atom stereocenters. The molecule has 0 saturated carbocycles. The molecule has 0 aliphatic carbocycles. The van der Waals surface area contributed by atoms with Gasteiger partial charge in [0.15, 0.2) is 0 Å². The third-order valence-corrected chi connectivity index (χ3v) is 4.89. The van der Waals surface area contributed by atoms with Crippen LogP contribution in [0.3, 0.4) is 0 Å². The van der Waals surface area contributed by atoms with E-state index in [1.807, 2.05) is 7.05 Å². The highest BCUT2D eigenvalue weighted by molar-refractivity contribution is 7.64. The van der Waals surface area contributed by atoms with Crippen LogP contribution in [0.15, 0.2) is 29.0 Å². The van der Waals surface area contributed by atoms with Gasteiger partial charge in [0.1, 0.15) is 0 Å². The smallest absolute Gasteiger partial charge is 0.0261 e. The van der Waals surface area contributed by atoms with E-state index in [1.165, 1.54) is 24.0 Å². The van der Waals surface area contributed by atoms with E-state index in [2.05, 4.69) is 49.3 Å². The van der Waals surface area contributed by atoms with Crippen LogP contribution in [-0.2, 0) is 12.6 Å². The van der Waals surface area contributed by atoms with E-state index in [0.29, 0.717) is 0 Å². The summed E-state index contributed by atoms with van der Waals surface area (Å²) in [6, 6.07) is 9.04. The molecule has 0 fully saturated rings. The van der Waals surface area contributed by atoms with Crippen molar-refractivity contribution in [3.05, 3.63) is 35.4 Å². The van der Waals surface area contributed by atoms with Gasteiger partial charge in [-0.25, -0.2) is 0 Å². The number of hydrogen-bond acceptors (Lipinski definition) is 1. The van der Waals surface area contributed by atoms with E-state index < -0.39 is 7.05 Å². The molecule has 0 saturated heterocycles. The second kappa shape index (κ2) is 5.51. The number of aryl methyl sites for hydroxylation is 1. The average molecular weight is 223 g/mol. The molecule has 0 aliphatic heterocycles. The van der Waals surface area contributed by atoms with E-state index in [1.54, 1.807) is 0 Å². The van der Waals surface area contributed by atoms with Crippen molar-refractivity contribution in [2.45, 2.75) is 25.9 Å². The van der Waals surface area contributed by atoms with Crippen molar-refractivity contribution in [2.75, 3.05) is 20.4 Å². The molecule has 0 radical (unpaired) electrons. The van der Waals surface area contributed by atoms with Crippen molar-refractivity contribution in [1.82, 2.24) is 0 Å². The highest BCUT2D eigenvalue weighted by Crippen LogP contribution is 2.43. The Morgan fingerprint density at radius 1 is 1.07 bits per heavy atom. The minimum absolute atomic E-state index is 1.05. The van der Waals surface area contributed by atoms with Gasteiger partial charge in [-0.3, -0.25) is 0 Å². The average Bonchev–Trinajstić information content (AvgIpc) is 2.21. The van der Waals surface area contributed by atoms with Gasteiger partial charge >= 0.3 is 0 Å². The topological polar surface area (TPSA) is 12.4 Å². The van der Waals surface area contributed by atoms with Crippen LogP contribution in [0, 0.1) is 0 Å². The maximum absolute atomic E-state index is 4.49. The fourth-order valence-electron chi connectivity index (χ4n) is 1.62. The third-order valence-electron chi connectivity index (χ3n) is 2.67. The van der Waals surface area contributed by atoms with Crippen LogP contribution < -0.4 is 0 Å². The summed E-state index contributed by atoms with van der Waals surface area (Å²) in [7, 11) is 0.893. The molecule has 0 amide bonds. The highest BCUT2D eigenvalue weighted by atomic mass is 31.2. The summed E-state index contributed by atoms with van der Waals surface area (Å²) in [5.41, 5.74) is 2.88. The second-order valence-electron chi connectivity index (χ2n) is 4.55. The standard InChI is InChI=1S/C13H22NP/c1-5-6-12-7-9-13(10-8-12)11-15(3,4)14-2/h7-10H,5-6,11H2,1-4H3. The zero-order chi connectivity index (χ0) is 11.3. The Morgan fingerprint density at radius 2 is 1.60 bits per heavy atom. The minimum Gasteiger partial charge on any atom is -0.307 e. The van der Waals surface area contributed by atoms with E-state index in [9.17, 15) is 0 Å². The first-order valence-corrected chi connectivity index (χ1v) is 8.41. The Morgan fingerprint density at radius 3 is 2.07 bits per heavy atom. The molecule has 84 valence electrons. The van der Waals surface area contributed by atoms with Crippen molar-refractivity contribution in [1.29, 1.82) is 0 Å². The molecule has 1 nitrogen and oxygen atoms in total. The maximum atomic E-state index is 4.49. The van der Waals surface area contributed by atoms with Gasteiger partial charge in [0.25, 0.3) is 0 Å². The zero-order valence-electron chi connectivity index (χ0n) is 10.3. The van der Waals surface area contributed by atoms with Gasteiger partial charge < -0.3 is 4.74 Å². The first-order chi connectivity index (χ1) is 7.07. The Bertz CT molecular complexity index is 345. The molecule has 0 aromatic heterocycles. The van der Waals surface area contributed by atoms with Gasteiger partial charge in [-0.15, -0.1) is 0 Å². The summed E-state index contributed by atoms with van der Waals surface area (Å²) < 4.78 is 4.49. The van der Waals surface area contributed by atoms with Crippen LogP contribution in [0.1, 0.15) is 24.5 Å². The van der Waals surface area contributed by atoms with E-state index in [-0.39, 0.29) is 0 Å². The lowest BCUT2D eigenvalue weighted by atomic mass is 10.1. The molecule has 1 aromatic rings. The van der Waals surface area contributed by atoms with Gasteiger partial charge in [-0.1, -0.05) is 37.6 Å². The van der Waals surface area contributed by atoms with Crippen LogP contribution in [0.5, 0.6) is 0 Å². The lowest BCUT2D eigenvalue weighted by molar-refractivity contribution is 0.921. The van der Waals surface area contributed by atoms with Crippen molar-refractivity contribution >= 4 is 7.05 Å². The molecular weight excluding hydrogens is 201 g/mol. The minimum atomic E-state index is -1.05. The molecule has 0 heterocycles. The van der Waals surface area contributed by atoms with Crippen molar-refractivity contribution in [3.63, 3.8) is 0 Å². The van der Waals surface area contributed by atoms with Crippen LogP contribution >= 0.6 is 7.05 Å². The normalized spacial score (nSPS) is 11.5. The molecule has 2 heteroatoms. The summed E-state index contributed by atoms with van der Waals surface area (Å²) >= 11 is 0. The maximum Gasteiger partial charge on any atom is 0.0261 e. The summed E-state index contributed by atoms with van der Waals surface area (Å²) in [6.45, 7) is 6.79. The zero-order valence-corrected chi connectivity index (χ0v) is 11.2.